The van der Waals surface area contributed by atoms with Gasteiger partial charge in [-0.3, -0.25) is 0 Å². The standard InChI is InChI=1S/C9H18N2O2SSi/c1-4-7-15(8-5-2,9-6-3)11-14(10,12)13/h4-6,11H,1-3,7-9H2,(H2,10,12,13). The van der Waals surface area contributed by atoms with Crippen molar-refractivity contribution in [3.63, 3.8) is 0 Å². The van der Waals surface area contributed by atoms with Gasteiger partial charge in [-0.05, 0) is 18.1 Å². The normalized spacial score (nSPS) is 12.1. The molecule has 86 valence electrons. The van der Waals surface area contributed by atoms with Crippen molar-refractivity contribution in [2.75, 3.05) is 0 Å². The third kappa shape index (κ3) is 5.68. The summed E-state index contributed by atoms with van der Waals surface area (Å²) in [4.78, 5) is 0. The van der Waals surface area contributed by atoms with E-state index >= 15 is 0 Å². The highest BCUT2D eigenvalue weighted by Gasteiger charge is 2.32. The molecule has 0 unspecified atom stereocenters. The molecule has 0 aliphatic rings. The van der Waals surface area contributed by atoms with E-state index in [0.717, 1.165) is 0 Å². The fourth-order valence-electron chi connectivity index (χ4n) is 1.51. The van der Waals surface area contributed by atoms with E-state index in [1.807, 2.05) is 0 Å². The summed E-state index contributed by atoms with van der Waals surface area (Å²) < 4.78 is 24.7. The number of hydrogen-bond donors (Lipinski definition) is 2. The van der Waals surface area contributed by atoms with Gasteiger partial charge in [0, 0.05) is 0 Å². The molecule has 0 rings (SSSR count). The summed E-state index contributed by atoms with van der Waals surface area (Å²) in [5, 5.41) is 5.01. The molecule has 0 saturated heterocycles. The molecule has 3 N–H and O–H groups in total. The van der Waals surface area contributed by atoms with E-state index in [9.17, 15) is 8.42 Å². The first-order chi connectivity index (χ1) is 6.89. The summed E-state index contributed by atoms with van der Waals surface area (Å²) in [5.41, 5.74) is 0. The van der Waals surface area contributed by atoms with Crippen LogP contribution in [-0.2, 0) is 10.2 Å². The van der Waals surface area contributed by atoms with Crippen molar-refractivity contribution in [1.82, 2.24) is 4.39 Å². The van der Waals surface area contributed by atoms with Crippen LogP contribution >= 0.6 is 0 Å². The van der Waals surface area contributed by atoms with E-state index in [1.54, 1.807) is 18.2 Å². The lowest BCUT2D eigenvalue weighted by molar-refractivity contribution is 0.594. The van der Waals surface area contributed by atoms with Gasteiger partial charge >= 0.3 is 0 Å². The SMILES string of the molecule is C=CC[Si](CC=C)(CC=C)NS(N)(=O)=O. The quantitative estimate of drug-likeness (QED) is 0.500. The van der Waals surface area contributed by atoms with E-state index in [2.05, 4.69) is 24.1 Å². The summed E-state index contributed by atoms with van der Waals surface area (Å²) in [6, 6.07) is 1.84. The van der Waals surface area contributed by atoms with Crippen LogP contribution in [0.3, 0.4) is 0 Å². The fourth-order valence-corrected chi connectivity index (χ4v) is 7.08. The van der Waals surface area contributed by atoms with Crippen LogP contribution < -0.4 is 9.53 Å². The first kappa shape index (κ1) is 14.3. The molecule has 0 atom stereocenters. The molecule has 0 aromatic carbocycles. The van der Waals surface area contributed by atoms with Gasteiger partial charge in [-0.2, -0.15) is 8.42 Å². The Labute approximate surface area is 92.8 Å². The minimum atomic E-state index is -3.68. The van der Waals surface area contributed by atoms with E-state index in [4.69, 9.17) is 5.14 Å². The average molecular weight is 246 g/mol. The monoisotopic (exact) mass is 246 g/mol. The number of allylic oxidation sites excluding steroid dienone is 3. The van der Waals surface area contributed by atoms with Crippen LogP contribution in [0.5, 0.6) is 0 Å². The predicted octanol–water partition coefficient (Wildman–Crippen LogP) is 1.28. The third-order valence-electron chi connectivity index (χ3n) is 1.96. The Morgan fingerprint density at radius 3 is 1.60 bits per heavy atom. The Bertz CT molecular complexity index is 311. The molecule has 0 spiro atoms. The molecular formula is C9H18N2O2SSi. The van der Waals surface area contributed by atoms with Crippen molar-refractivity contribution in [3.05, 3.63) is 38.0 Å². The van der Waals surface area contributed by atoms with Gasteiger partial charge in [-0.25, -0.2) is 9.53 Å². The maximum atomic E-state index is 11.1. The first-order valence-corrected chi connectivity index (χ1v) is 8.70. The molecule has 6 heteroatoms. The van der Waals surface area contributed by atoms with Gasteiger partial charge in [0.1, 0.15) is 0 Å². The fraction of sp³-hybridized carbons (Fsp3) is 0.333. The van der Waals surface area contributed by atoms with Gasteiger partial charge in [-0.15, -0.1) is 19.7 Å². The van der Waals surface area contributed by atoms with Crippen LogP contribution in [0.15, 0.2) is 38.0 Å². The Balaban J connectivity index is 4.99. The molecule has 15 heavy (non-hydrogen) atoms. The molecule has 0 amide bonds. The maximum absolute atomic E-state index is 11.1. The summed E-state index contributed by atoms with van der Waals surface area (Å²) in [6.45, 7) is 10.9. The molecule has 0 fully saturated rings. The zero-order valence-electron chi connectivity index (χ0n) is 8.78. The number of hydrogen-bond acceptors (Lipinski definition) is 2. The van der Waals surface area contributed by atoms with Gasteiger partial charge in [0.25, 0.3) is 10.2 Å². The molecule has 0 aliphatic heterocycles. The first-order valence-electron chi connectivity index (χ1n) is 4.53. The lowest BCUT2D eigenvalue weighted by atomic mass is 10.7. The van der Waals surface area contributed by atoms with Crippen LogP contribution in [0.1, 0.15) is 0 Å². The van der Waals surface area contributed by atoms with Crippen LogP contribution in [-0.4, -0.2) is 16.7 Å². The Kier molecular flexibility index (Phi) is 5.74. The van der Waals surface area contributed by atoms with E-state index in [1.165, 1.54) is 0 Å². The Morgan fingerprint density at radius 1 is 1.07 bits per heavy atom. The van der Waals surface area contributed by atoms with Crippen molar-refractivity contribution in [1.29, 1.82) is 0 Å². The smallest absolute Gasteiger partial charge is 0.224 e. The molecule has 4 nitrogen and oxygen atoms in total. The van der Waals surface area contributed by atoms with Gasteiger partial charge < -0.3 is 0 Å². The highest BCUT2D eigenvalue weighted by molar-refractivity contribution is 7.88. The van der Waals surface area contributed by atoms with Gasteiger partial charge in [0.15, 0.2) is 8.24 Å². The number of nitrogens with one attached hydrogen (secondary N) is 1. The molecule has 0 bridgehead atoms. The van der Waals surface area contributed by atoms with Crippen molar-refractivity contribution >= 4 is 18.4 Å². The molecular weight excluding hydrogens is 228 g/mol. The van der Waals surface area contributed by atoms with E-state index < -0.39 is 18.4 Å². The van der Waals surface area contributed by atoms with Crippen LogP contribution in [0.25, 0.3) is 0 Å². The second-order valence-electron chi connectivity index (χ2n) is 3.41. The Hall–Kier alpha value is -0.693. The minimum Gasteiger partial charge on any atom is -0.224 e. The second kappa shape index (κ2) is 6.01. The minimum absolute atomic E-state index is 0.613. The summed E-state index contributed by atoms with van der Waals surface area (Å²) in [6.07, 6.45) is 5.12. The molecule has 0 radical (unpaired) electrons. The van der Waals surface area contributed by atoms with Gasteiger partial charge in [-0.1, -0.05) is 18.2 Å². The number of nitrogens with two attached hydrogens (primary N) is 1. The highest BCUT2D eigenvalue weighted by atomic mass is 32.2. The zero-order valence-corrected chi connectivity index (χ0v) is 10.6. The van der Waals surface area contributed by atoms with E-state index in [0.29, 0.717) is 18.1 Å². The van der Waals surface area contributed by atoms with Crippen molar-refractivity contribution < 1.29 is 8.42 Å². The molecule has 0 heterocycles. The second-order valence-corrected chi connectivity index (χ2v) is 9.10. The maximum Gasteiger partial charge on any atom is 0.268 e. The summed E-state index contributed by atoms with van der Waals surface area (Å²) in [7, 11) is -5.93. The van der Waals surface area contributed by atoms with Crippen LogP contribution in [0.4, 0.5) is 0 Å². The summed E-state index contributed by atoms with van der Waals surface area (Å²) in [5.74, 6) is 0. The van der Waals surface area contributed by atoms with Gasteiger partial charge in [0.05, 0.1) is 0 Å². The lowest BCUT2D eigenvalue weighted by Gasteiger charge is -2.27. The van der Waals surface area contributed by atoms with Crippen LogP contribution in [0.2, 0.25) is 18.1 Å². The highest BCUT2D eigenvalue weighted by Crippen LogP contribution is 2.20. The van der Waals surface area contributed by atoms with Crippen LogP contribution in [0, 0.1) is 0 Å². The van der Waals surface area contributed by atoms with Crippen molar-refractivity contribution in [3.8, 4) is 0 Å². The average Bonchev–Trinajstić information content (AvgIpc) is 2.01. The van der Waals surface area contributed by atoms with Crippen molar-refractivity contribution in [2.24, 2.45) is 5.14 Å². The molecule has 0 aromatic heterocycles. The topological polar surface area (TPSA) is 72.2 Å². The zero-order chi connectivity index (χ0) is 11.9. The summed E-state index contributed by atoms with van der Waals surface area (Å²) >= 11 is 0. The molecule has 0 aliphatic carbocycles. The van der Waals surface area contributed by atoms with Gasteiger partial charge in [0.2, 0.25) is 0 Å². The third-order valence-corrected chi connectivity index (χ3v) is 8.04. The molecule has 0 aromatic rings. The molecule has 0 saturated carbocycles. The largest absolute Gasteiger partial charge is 0.268 e. The predicted molar refractivity (Wildman–Crippen MR) is 67.0 cm³/mol. The Morgan fingerprint density at radius 2 is 1.40 bits per heavy atom. The van der Waals surface area contributed by atoms with Crippen molar-refractivity contribution in [2.45, 2.75) is 18.1 Å². The van der Waals surface area contributed by atoms with E-state index in [-0.39, 0.29) is 0 Å². The lowest BCUT2D eigenvalue weighted by Crippen LogP contribution is -2.54. The number of rotatable bonds is 8.